The van der Waals surface area contributed by atoms with Crippen LogP contribution in [-0.4, -0.2) is 31.5 Å². The molecular weight excluding hydrogens is 198 g/mol. The molecule has 1 aromatic carbocycles. The van der Waals surface area contributed by atoms with E-state index in [0.717, 1.165) is 5.56 Å². The van der Waals surface area contributed by atoms with Crippen LogP contribution in [-0.2, 0) is 0 Å². The van der Waals surface area contributed by atoms with Crippen LogP contribution in [0.25, 0.3) is 0 Å². The molecule has 0 aliphatic carbocycles. The van der Waals surface area contributed by atoms with Crippen LogP contribution < -0.4 is 0 Å². The van der Waals surface area contributed by atoms with Crippen LogP contribution in [0.2, 0.25) is 5.02 Å². The molecule has 0 N–H and O–H groups in total. The minimum atomic E-state index is 0.677. The molecule has 4 heteroatoms. The van der Waals surface area contributed by atoms with E-state index in [1.807, 2.05) is 43.3 Å². The molecule has 0 unspecified atom stereocenters. The lowest BCUT2D eigenvalue weighted by molar-refractivity contribution is 0.640. The molecule has 0 aliphatic rings. The van der Waals surface area contributed by atoms with Crippen molar-refractivity contribution in [3.63, 3.8) is 0 Å². The SMILES string of the molecule is CN(C)/C=N/N=C\c1ccccc1Cl. The summed E-state index contributed by atoms with van der Waals surface area (Å²) in [5, 5.41) is 8.36. The summed E-state index contributed by atoms with van der Waals surface area (Å²) in [4.78, 5) is 1.81. The van der Waals surface area contributed by atoms with Crippen LogP contribution in [0.5, 0.6) is 0 Å². The van der Waals surface area contributed by atoms with Gasteiger partial charge >= 0.3 is 0 Å². The molecule has 0 heterocycles. The van der Waals surface area contributed by atoms with E-state index >= 15 is 0 Å². The molecule has 1 aromatic rings. The molecule has 0 bridgehead atoms. The zero-order valence-electron chi connectivity index (χ0n) is 8.18. The van der Waals surface area contributed by atoms with Crippen molar-refractivity contribution in [3.05, 3.63) is 34.9 Å². The first kappa shape index (κ1) is 10.7. The summed E-state index contributed by atoms with van der Waals surface area (Å²) < 4.78 is 0. The quantitative estimate of drug-likeness (QED) is 0.426. The normalized spacial score (nSPS) is 11.4. The summed E-state index contributed by atoms with van der Waals surface area (Å²) in [5.41, 5.74) is 0.866. The standard InChI is InChI=1S/C10H12ClN3/c1-14(2)8-13-12-7-9-5-3-4-6-10(9)11/h3-8H,1-2H3/b12-7-,13-8+. The van der Waals surface area contributed by atoms with Gasteiger partial charge in [-0.1, -0.05) is 29.8 Å². The van der Waals surface area contributed by atoms with E-state index in [2.05, 4.69) is 10.2 Å². The number of hydrogen-bond acceptors (Lipinski definition) is 2. The molecule has 0 saturated heterocycles. The van der Waals surface area contributed by atoms with Gasteiger partial charge in [0.2, 0.25) is 0 Å². The molecular formula is C10H12ClN3. The minimum absolute atomic E-state index is 0.677. The molecule has 0 spiro atoms. The molecule has 0 radical (unpaired) electrons. The monoisotopic (exact) mass is 209 g/mol. The summed E-state index contributed by atoms with van der Waals surface area (Å²) in [6.45, 7) is 0. The van der Waals surface area contributed by atoms with Gasteiger partial charge in [-0.25, -0.2) is 0 Å². The molecule has 1 rings (SSSR count). The van der Waals surface area contributed by atoms with E-state index in [-0.39, 0.29) is 0 Å². The van der Waals surface area contributed by atoms with E-state index in [0.29, 0.717) is 5.02 Å². The van der Waals surface area contributed by atoms with Gasteiger partial charge < -0.3 is 4.90 Å². The Bertz CT molecular complexity index is 345. The first-order valence-electron chi connectivity index (χ1n) is 4.17. The zero-order valence-corrected chi connectivity index (χ0v) is 8.94. The molecule has 0 fully saturated rings. The Morgan fingerprint density at radius 2 is 1.93 bits per heavy atom. The summed E-state index contributed by atoms with van der Waals surface area (Å²) in [6.07, 6.45) is 3.25. The maximum Gasteiger partial charge on any atom is 0.113 e. The van der Waals surface area contributed by atoms with Gasteiger partial charge in [-0.05, 0) is 6.07 Å². The number of benzene rings is 1. The Balaban J connectivity index is 2.65. The molecule has 14 heavy (non-hydrogen) atoms. The fraction of sp³-hybridized carbons (Fsp3) is 0.200. The van der Waals surface area contributed by atoms with Crippen molar-refractivity contribution in [1.29, 1.82) is 0 Å². The average Bonchev–Trinajstić information content (AvgIpc) is 2.15. The third-order valence-electron chi connectivity index (χ3n) is 1.45. The molecule has 0 aromatic heterocycles. The number of hydrogen-bond donors (Lipinski definition) is 0. The molecule has 0 atom stereocenters. The summed E-state index contributed by atoms with van der Waals surface area (Å²) in [6, 6.07) is 7.49. The Labute approximate surface area is 88.7 Å². The smallest absolute Gasteiger partial charge is 0.113 e. The van der Waals surface area contributed by atoms with E-state index in [9.17, 15) is 0 Å². The first-order valence-corrected chi connectivity index (χ1v) is 4.55. The number of halogens is 1. The summed E-state index contributed by atoms with van der Waals surface area (Å²) >= 11 is 5.91. The predicted octanol–water partition coefficient (Wildman–Crippen LogP) is 2.26. The second-order valence-electron chi connectivity index (χ2n) is 2.96. The van der Waals surface area contributed by atoms with Crippen LogP contribution in [0.15, 0.2) is 34.5 Å². The third-order valence-corrected chi connectivity index (χ3v) is 1.80. The average molecular weight is 210 g/mol. The fourth-order valence-corrected chi connectivity index (χ4v) is 0.993. The Hall–Kier alpha value is -1.35. The largest absolute Gasteiger partial charge is 0.367 e. The predicted molar refractivity (Wildman–Crippen MR) is 61.2 cm³/mol. The van der Waals surface area contributed by atoms with Crippen molar-refractivity contribution in [2.45, 2.75) is 0 Å². The zero-order chi connectivity index (χ0) is 10.4. The highest BCUT2D eigenvalue weighted by Crippen LogP contribution is 2.12. The number of rotatable bonds is 3. The van der Waals surface area contributed by atoms with Gasteiger partial charge in [-0.15, -0.1) is 5.10 Å². The lowest BCUT2D eigenvalue weighted by Gasteiger charge is -1.99. The van der Waals surface area contributed by atoms with E-state index in [1.54, 1.807) is 12.6 Å². The van der Waals surface area contributed by atoms with Crippen LogP contribution in [0, 0.1) is 0 Å². The van der Waals surface area contributed by atoms with Gasteiger partial charge in [0.05, 0.1) is 6.21 Å². The van der Waals surface area contributed by atoms with Crippen molar-refractivity contribution < 1.29 is 0 Å². The maximum absolute atomic E-state index is 5.91. The lowest BCUT2D eigenvalue weighted by Crippen LogP contribution is -2.06. The molecule has 0 saturated carbocycles. The summed E-state index contributed by atoms with van der Waals surface area (Å²) in [7, 11) is 3.77. The highest BCUT2D eigenvalue weighted by Gasteiger charge is 1.92. The van der Waals surface area contributed by atoms with Crippen molar-refractivity contribution in [2.24, 2.45) is 10.2 Å². The van der Waals surface area contributed by atoms with Crippen LogP contribution >= 0.6 is 11.6 Å². The molecule has 0 amide bonds. The van der Waals surface area contributed by atoms with Crippen LogP contribution in [0.1, 0.15) is 5.56 Å². The van der Waals surface area contributed by atoms with Crippen LogP contribution in [0.4, 0.5) is 0 Å². The highest BCUT2D eigenvalue weighted by molar-refractivity contribution is 6.33. The Kier molecular flexibility index (Phi) is 4.13. The highest BCUT2D eigenvalue weighted by atomic mass is 35.5. The minimum Gasteiger partial charge on any atom is -0.367 e. The van der Waals surface area contributed by atoms with Crippen LogP contribution in [0.3, 0.4) is 0 Å². The number of nitrogens with zero attached hydrogens (tertiary/aromatic N) is 3. The van der Waals surface area contributed by atoms with Crippen molar-refractivity contribution in [2.75, 3.05) is 14.1 Å². The van der Waals surface area contributed by atoms with Crippen molar-refractivity contribution in [3.8, 4) is 0 Å². The second-order valence-corrected chi connectivity index (χ2v) is 3.37. The Morgan fingerprint density at radius 3 is 2.57 bits per heavy atom. The molecule has 0 aliphatic heterocycles. The lowest BCUT2D eigenvalue weighted by atomic mass is 10.2. The Morgan fingerprint density at radius 1 is 1.21 bits per heavy atom. The van der Waals surface area contributed by atoms with Gasteiger partial charge in [0.25, 0.3) is 0 Å². The van der Waals surface area contributed by atoms with Gasteiger partial charge in [0, 0.05) is 24.7 Å². The third kappa shape index (κ3) is 3.58. The summed E-state index contributed by atoms with van der Waals surface area (Å²) in [5.74, 6) is 0. The van der Waals surface area contributed by atoms with E-state index < -0.39 is 0 Å². The maximum atomic E-state index is 5.91. The van der Waals surface area contributed by atoms with Gasteiger partial charge in [0.15, 0.2) is 0 Å². The first-order chi connectivity index (χ1) is 6.70. The molecule has 3 nitrogen and oxygen atoms in total. The van der Waals surface area contributed by atoms with Crippen molar-refractivity contribution >= 4 is 24.2 Å². The second kappa shape index (κ2) is 5.40. The topological polar surface area (TPSA) is 28.0 Å². The van der Waals surface area contributed by atoms with E-state index in [4.69, 9.17) is 11.6 Å². The molecule has 74 valence electrons. The van der Waals surface area contributed by atoms with Gasteiger partial charge in [0.1, 0.15) is 6.34 Å². The van der Waals surface area contributed by atoms with Gasteiger partial charge in [-0.2, -0.15) is 5.10 Å². The van der Waals surface area contributed by atoms with Crippen molar-refractivity contribution in [1.82, 2.24) is 4.90 Å². The van der Waals surface area contributed by atoms with Gasteiger partial charge in [-0.3, -0.25) is 0 Å². The van der Waals surface area contributed by atoms with E-state index in [1.165, 1.54) is 0 Å². The fourth-order valence-electron chi connectivity index (χ4n) is 0.808.